The average molecular weight is 263 g/mol. The van der Waals surface area contributed by atoms with E-state index in [9.17, 15) is 4.79 Å². The van der Waals surface area contributed by atoms with Gasteiger partial charge < -0.3 is 15.0 Å². The molecule has 19 heavy (non-hydrogen) atoms. The largest absolute Gasteiger partial charge is 0.370 e. The van der Waals surface area contributed by atoms with Crippen LogP contribution in [0.4, 0.5) is 5.69 Å². The van der Waals surface area contributed by atoms with Crippen LogP contribution >= 0.6 is 0 Å². The third-order valence-electron chi connectivity index (χ3n) is 3.79. The molecule has 0 radical (unpaired) electrons. The van der Waals surface area contributed by atoms with E-state index < -0.39 is 0 Å². The zero-order valence-corrected chi connectivity index (χ0v) is 12.0. The highest BCUT2D eigenvalue weighted by Crippen LogP contribution is 2.16. The molecule has 4 nitrogen and oxygen atoms in total. The molecule has 2 rings (SSSR count). The van der Waals surface area contributed by atoms with Crippen LogP contribution in [-0.2, 0) is 9.53 Å². The third-order valence-corrected chi connectivity index (χ3v) is 3.79. The summed E-state index contributed by atoms with van der Waals surface area (Å²) in [5.74, 6) is 0.0885. The van der Waals surface area contributed by atoms with E-state index in [0.717, 1.165) is 43.1 Å². The summed E-state index contributed by atoms with van der Waals surface area (Å²) in [6, 6.07) is 6.08. The highest BCUT2D eigenvalue weighted by Gasteiger charge is 2.27. The van der Waals surface area contributed by atoms with Gasteiger partial charge in [-0.25, -0.2) is 0 Å². The van der Waals surface area contributed by atoms with E-state index in [4.69, 9.17) is 4.74 Å². The fraction of sp³-hybridized carbons (Fsp3) is 0.533. The molecule has 1 amide bonds. The smallest absolute Gasteiger partial charge is 0.282 e. The van der Waals surface area contributed by atoms with Gasteiger partial charge in [-0.15, -0.1) is 0 Å². The van der Waals surface area contributed by atoms with Crippen molar-refractivity contribution in [1.82, 2.24) is 0 Å². The first-order valence-electron chi connectivity index (χ1n) is 6.88. The van der Waals surface area contributed by atoms with Gasteiger partial charge in [-0.3, -0.25) is 4.79 Å². The molecule has 2 N–H and O–H groups in total. The minimum atomic E-state index is -0.0381. The molecule has 1 atom stereocenters. The summed E-state index contributed by atoms with van der Waals surface area (Å²) in [5, 5.41) is 3.05. The van der Waals surface area contributed by atoms with Crippen molar-refractivity contribution in [3.05, 3.63) is 29.3 Å². The Kier molecular flexibility index (Phi) is 4.56. The molecular weight excluding hydrogens is 240 g/mol. The van der Waals surface area contributed by atoms with Crippen molar-refractivity contribution >= 4 is 11.6 Å². The summed E-state index contributed by atoms with van der Waals surface area (Å²) in [6.45, 7) is 9.34. The van der Waals surface area contributed by atoms with E-state index in [2.05, 4.69) is 11.4 Å². The molecule has 1 aromatic rings. The SMILES string of the molecule is Cc1ccc(C)c(NC(=O)[C@H](C)[NH+]2CCOCC2)c1. The van der Waals surface area contributed by atoms with Gasteiger partial charge in [0.05, 0.1) is 13.2 Å². The lowest BCUT2D eigenvalue weighted by Gasteiger charge is -2.28. The number of aryl methyl sites for hydroxylation is 2. The van der Waals surface area contributed by atoms with Gasteiger partial charge in [-0.2, -0.15) is 0 Å². The Morgan fingerprint density at radius 2 is 2.00 bits per heavy atom. The van der Waals surface area contributed by atoms with E-state index in [0.29, 0.717) is 0 Å². The van der Waals surface area contributed by atoms with E-state index in [1.807, 2.05) is 32.9 Å². The molecule has 1 saturated heterocycles. The number of quaternary nitrogens is 1. The van der Waals surface area contributed by atoms with Crippen LogP contribution in [0.15, 0.2) is 18.2 Å². The highest BCUT2D eigenvalue weighted by molar-refractivity contribution is 5.94. The van der Waals surface area contributed by atoms with Crippen LogP contribution in [0.2, 0.25) is 0 Å². The second kappa shape index (κ2) is 6.17. The van der Waals surface area contributed by atoms with E-state index >= 15 is 0 Å². The maximum atomic E-state index is 12.3. The Balaban J connectivity index is 2.01. The Hall–Kier alpha value is -1.39. The maximum absolute atomic E-state index is 12.3. The van der Waals surface area contributed by atoms with Crippen molar-refractivity contribution in [3.8, 4) is 0 Å². The predicted octanol–water partition coefficient (Wildman–Crippen LogP) is 0.546. The van der Waals surface area contributed by atoms with Crippen LogP contribution in [0.25, 0.3) is 0 Å². The number of carbonyl (C=O) groups excluding carboxylic acids is 1. The fourth-order valence-corrected chi connectivity index (χ4v) is 2.36. The molecule has 1 fully saturated rings. The number of hydrogen-bond acceptors (Lipinski definition) is 2. The fourth-order valence-electron chi connectivity index (χ4n) is 2.36. The molecule has 0 spiro atoms. The molecule has 0 unspecified atom stereocenters. The minimum absolute atomic E-state index is 0.0381. The summed E-state index contributed by atoms with van der Waals surface area (Å²) < 4.78 is 5.33. The second-order valence-corrected chi connectivity index (χ2v) is 5.30. The van der Waals surface area contributed by atoms with E-state index in [-0.39, 0.29) is 11.9 Å². The molecule has 1 aliphatic heterocycles. The topological polar surface area (TPSA) is 42.8 Å². The molecule has 0 bridgehead atoms. The van der Waals surface area contributed by atoms with Crippen molar-refractivity contribution in [2.24, 2.45) is 0 Å². The first kappa shape index (κ1) is 14.0. The molecule has 104 valence electrons. The van der Waals surface area contributed by atoms with Crippen LogP contribution in [0.3, 0.4) is 0 Å². The van der Waals surface area contributed by atoms with Crippen molar-refractivity contribution in [2.75, 3.05) is 31.6 Å². The van der Waals surface area contributed by atoms with Crippen LogP contribution in [0, 0.1) is 13.8 Å². The average Bonchev–Trinajstić information content (AvgIpc) is 2.43. The van der Waals surface area contributed by atoms with Crippen molar-refractivity contribution in [3.63, 3.8) is 0 Å². The third kappa shape index (κ3) is 3.55. The van der Waals surface area contributed by atoms with Gasteiger partial charge in [0.25, 0.3) is 5.91 Å². The van der Waals surface area contributed by atoms with Crippen molar-refractivity contribution in [1.29, 1.82) is 0 Å². The Bertz CT molecular complexity index is 453. The zero-order chi connectivity index (χ0) is 13.8. The molecule has 4 heteroatoms. The highest BCUT2D eigenvalue weighted by atomic mass is 16.5. The first-order valence-corrected chi connectivity index (χ1v) is 6.88. The van der Waals surface area contributed by atoms with Gasteiger partial charge >= 0.3 is 0 Å². The normalized spacial score (nSPS) is 18.1. The van der Waals surface area contributed by atoms with Crippen molar-refractivity contribution < 1.29 is 14.4 Å². The standard InChI is InChI=1S/C15H22N2O2/c1-11-4-5-12(2)14(10-11)16-15(18)13(3)17-6-8-19-9-7-17/h4-5,10,13H,6-9H2,1-3H3,(H,16,18)/p+1/t13-/m0/s1. The monoisotopic (exact) mass is 263 g/mol. The number of morpholine rings is 1. The van der Waals surface area contributed by atoms with Crippen LogP contribution < -0.4 is 10.2 Å². The summed E-state index contributed by atoms with van der Waals surface area (Å²) >= 11 is 0. The number of hydrogen-bond donors (Lipinski definition) is 2. The molecular formula is C15H23N2O2+. The maximum Gasteiger partial charge on any atom is 0.282 e. The van der Waals surface area contributed by atoms with Crippen LogP contribution in [-0.4, -0.2) is 38.3 Å². The Morgan fingerprint density at radius 3 is 2.68 bits per heavy atom. The Morgan fingerprint density at radius 1 is 1.32 bits per heavy atom. The van der Waals surface area contributed by atoms with E-state index in [1.54, 1.807) is 0 Å². The number of rotatable bonds is 3. The van der Waals surface area contributed by atoms with Gasteiger partial charge in [0, 0.05) is 5.69 Å². The summed E-state index contributed by atoms with van der Waals surface area (Å²) in [7, 11) is 0. The van der Waals surface area contributed by atoms with Crippen LogP contribution in [0.1, 0.15) is 18.1 Å². The minimum Gasteiger partial charge on any atom is -0.370 e. The number of anilines is 1. The van der Waals surface area contributed by atoms with Gasteiger partial charge in [0.15, 0.2) is 6.04 Å². The van der Waals surface area contributed by atoms with Crippen molar-refractivity contribution in [2.45, 2.75) is 26.8 Å². The van der Waals surface area contributed by atoms with E-state index in [1.165, 1.54) is 4.90 Å². The molecule has 1 aromatic carbocycles. The molecule has 0 aromatic heterocycles. The second-order valence-electron chi connectivity index (χ2n) is 5.30. The van der Waals surface area contributed by atoms with Gasteiger partial charge in [-0.1, -0.05) is 12.1 Å². The summed E-state index contributed by atoms with van der Waals surface area (Å²) in [4.78, 5) is 13.6. The van der Waals surface area contributed by atoms with Crippen LogP contribution in [0.5, 0.6) is 0 Å². The molecule has 1 aliphatic rings. The number of amides is 1. The quantitative estimate of drug-likeness (QED) is 0.836. The number of ether oxygens (including phenoxy) is 1. The predicted molar refractivity (Wildman–Crippen MR) is 75.5 cm³/mol. The van der Waals surface area contributed by atoms with Gasteiger partial charge in [0.2, 0.25) is 0 Å². The number of benzene rings is 1. The number of carbonyl (C=O) groups is 1. The molecule has 0 saturated carbocycles. The lowest BCUT2D eigenvalue weighted by molar-refractivity contribution is -0.921. The lowest BCUT2D eigenvalue weighted by atomic mass is 10.1. The molecule has 1 heterocycles. The summed E-state index contributed by atoms with van der Waals surface area (Å²) in [5.41, 5.74) is 3.18. The lowest BCUT2D eigenvalue weighted by Crippen LogP contribution is -3.18. The Labute approximate surface area is 114 Å². The first-order chi connectivity index (χ1) is 9.08. The van der Waals surface area contributed by atoms with Gasteiger partial charge in [-0.05, 0) is 38.0 Å². The van der Waals surface area contributed by atoms with Gasteiger partial charge in [0.1, 0.15) is 13.1 Å². The number of nitrogens with one attached hydrogen (secondary N) is 2. The zero-order valence-electron chi connectivity index (χ0n) is 12.0. The molecule has 0 aliphatic carbocycles. The summed E-state index contributed by atoms with van der Waals surface area (Å²) in [6.07, 6.45) is 0.